The Labute approximate surface area is 85.6 Å². The largest absolute Gasteiger partial charge is 0.468 e. The fraction of sp³-hybridized carbons (Fsp3) is 0.900. The van der Waals surface area contributed by atoms with E-state index in [0.29, 0.717) is 13.0 Å². The summed E-state index contributed by atoms with van der Waals surface area (Å²) < 4.78 is 4.66. The molecule has 0 amide bonds. The van der Waals surface area contributed by atoms with E-state index in [1.165, 1.54) is 7.11 Å². The maximum atomic E-state index is 11.3. The van der Waals surface area contributed by atoms with Gasteiger partial charge in [0.25, 0.3) is 0 Å². The number of carbonyl (C=O) groups is 1. The Morgan fingerprint density at radius 2 is 2.07 bits per heavy atom. The third-order valence-corrected chi connectivity index (χ3v) is 2.17. The van der Waals surface area contributed by atoms with E-state index >= 15 is 0 Å². The van der Waals surface area contributed by atoms with Gasteiger partial charge in [0.1, 0.15) is 6.04 Å². The van der Waals surface area contributed by atoms with Gasteiger partial charge in [-0.15, -0.1) is 0 Å². The first-order valence-corrected chi connectivity index (χ1v) is 5.02. The van der Waals surface area contributed by atoms with Crippen LogP contribution in [-0.4, -0.2) is 36.9 Å². The molecule has 0 spiro atoms. The van der Waals surface area contributed by atoms with Crippen molar-refractivity contribution in [2.24, 2.45) is 5.92 Å². The van der Waals surface area contributed by atoms with Crippen molar-refractivity contribution in [3.63, 3.8) is 0 Å². The van der Waals surface area contributed by atoms with E-state index in [1.54, 1.807) is 0 Å². The Bertz CT molecular complexity index is 171. The molecular formula is C10H21NO3. The summed E-state index contributed by atoms with van der Waals surface area (Å²) in [5.41, 5.74) is 0. The van der Waals surface area contributed by atoms with E-state index in [9.17, 15) is 9.90 Å². The lowest BCUT2D eigenvalue weighted by atomic mass is 10.0. The summed E-state index contributed by atoms with van der Waals surface area (Å²) in [6.07, 6.45) is 0.278. The zero-order valence-electron chi connectivity index (χ0n) is 9.41. The number of aliphatic hydroxyl groups is 1. The van der Waals surface area contributed by atoms with Crippen molar-refractivity contribution in [2.75, 3.05) is 13.7 Å². The van der Waals surface area contributed by atoms with Crippen LogP contribution in [0.3, 0.4) is 0 Å². The first kappa shape index (κ1) is 13.4. The zero-order valence-corrected chi connectivity index (χ0v) is 9.41. The lowest BCUT2D eigenvalue weighted by Gasteiger charge is -2.21. The second-order valence-electron chi connectivity index (χ2n) is 3.72. The van der Waals surface area contributed by atoms with Crippen LogP contribution in [0.1, 0.15) is 27.2 Å². The molecule has 0 rings (SSSR count). The summed E-state index contributed by atoms with van der Waals surface area (Å²) in [6, 6.07) is -0.332. The summed E-state index contributed by atoms with van der Waals surface area (Å²) >= 11 is 0. The topological polar surface area (TPSA) is 58.6 Å². The Hall–Kier alpha value is -0.610. The van der Waals surface area contributed by atoms with Crippen molar-refractivity contribution in [3.8, 4) is 0 Å². The molecule has 4 heteroatoms. The van der Waals surface area contributed by atoms with Crippen LogP contribution >= 0.6 is 0 Å². The number of ether oxygens (including phenoxy) is 1. The molecule has 0 aliphatic heterocycles. The second-order valence-corrected chi connectivity index (χ2v) is 3.72. The summed E-state index contributed by atoms with van der Waals surface area (Å²) in [6.45, 7) is 6.20. The van der Waals surface area contributed by atoms with Crippen molar-refractivity contribution in [1.29, 1.82) is 0 Å². The third-order valence-electron chi connectivity index (χ3n) is 2.17. The molecule has 0 fully saturated rings. The predicted molar refractivity (Wildman–Crippen MR) is 54.9 cm³/mol. The van der Waals surface area contributed by atoms with E-state index in [-0.39, 0.29) is 17.9 Å². The molecule has 0 saturated heterocycles. The molecule has 4 nitrogen and oxygen atoms in total. The van der Waals surface area contributed by atoms with Gasteiger partial charge in [0.05, 0.1) is 13.2 Å². The fourth-order valence-corrected chi connectivity index (χ4v) is 1.13. The average Bonchev–Trinajstić information content (AvgIpc) is 2.16. The normalized spacial score (nSPS) is 15.3. The van der Waals surface area contributed by atoms with E-state index in [1.807, 2.05) is 20.8 Å². The molecule has 0 saturated carbocycles. The molecular weight excluding hydrogens is 182 g/mol. The van der Waals surface area contributed by atoms with Crippen LogP contribution in [0.5, 0.6) is 0 Å². The number of methoxy groups -OCH3 is 1. The number of carbonyl (C=O) groups excluding carboxylic acids is 1. The first-order chi connectivity index (χ1) is 6.52. The van der Waals surface area contributed by atoms with Gasteiger partial charge in [0.2, 0.25) is 0 Å². The van der Waals surface area contributed by atoms with Crippen molar-refractivity contribution in [1.82, 2.24) is 5.32 Å². The number of esters is 1. The monoisotopic (exact) mass is 203 g/mol. The average molecular weight is 203 g/mol. The highest BCUT2D eigenvalue weighted by molar-refractivity contribution is 5.75. The zero-order chi connectivity index (χ0) is 11.1. The highest BCUT2D eigenvalue weighted by Crippen LogP contribution is 2.03. The van der Waals surface area contributed by atoms with Crippen molar-refractivity contribution in [2.45, 2.75) is 39.3 Å². The highest BCUT2D eigenvalue weighted by Gasteiger charge is 2.22. The van der Waals surface area contributed by atoms with Gasteiger partial charge in [0, 0.05) is 6.54 Å². The number of hydrogen-bond donors (Lipinski definition) is 2. The lowest BCUT2D eigenvalue weighted by molar-refractivity contribution is -0.144. The smallest absolute Gasteiger partial charge is 0.323 e. The van der Waals surface area contributed by atoms with Crippen LogP contribution in [0.4, 0.5) is 0 Å². The summed E-state index contributed by atoms with van der Waals surface area (Å²) in [4.78, 5) is 11.3. The van der Waals surface area contributed by atoms with Crippen LogP contribution in [0.15, 0.2) is 0 Å². The summed E-state index contributed by atoms with van der Waals surface area (Å²) in [5, 5.41) is 12.3. The van der Waals surface area contributed by atoms with Crippen LogP contribution < -0.4 is 5.32 Å². The van der Waals surface area contributed by atoms with Gasteiger partial charge in [-0.25, -0.2) is 0 Å². The molecule has 0 aliphatic carbocycles. The van der Waals surface area contributed by atoms with Gasteiger partial charge >= 0.3 is 5.97 Å². The Morgan fingerprint density at radius 3 is 2.43 bits per heavy atom. The maximum absolute atomic E-state index is 11.3. The quantitative estimate of drug-likeness (QED) is 0.619. The van der Waals surface area contributed by atoms with Gasteiger partial charge in [-0.1, -0.05) is 20.8 Å². The molecule has 14 heavy (non-hydrogen) atoms. The lowest BCUT2D eigenvalue weighted by Crippen LogP contribution is -2.44. The van der Waals surface area contributed by atoms with Gasteiger partial charge in [-0.05, 0) is 12.3 Å². The van der Waals surface area contributed by atoms with Crippen molar-refractivity contribution in [3.05, 3.63) is 0 Å². The minimum absolute atomic E-state index is 0.159. The molecule has 0 heterocycles. The van der Waals surface area contributed by atoms with Crippen LogP contribution in [0.25, 0.3) is 0 Å². The summed E-state index contributed by atoms with van der Waals surface area (Å²) in [5.74, 6) is -0.116. The number of hydrogen-bond acceptors (Lipinski definition) is 4. The van der Waals surface area contributed by atoms with E-state index in [0.717, 1.165) is 0 Å². The SMILES string of the molecule is CCC(O)CNC(C(=O)OC)C(C)C. The van der Waals surface area contributed by atoms with Crippen LogP contribution in [0, 0.1) is 5.92 Å². The van der Waals surface area contributed by atoms with Gasteiger partial charge in [-0.3, -0.25) is 4.79 Å². The maximum Gasteiger partial charge on any atom is 0.323 e. The molecule has 84 valence electrons. The second kappa shape index (κ2) is 6.79. The molecule has 2 atom stereocenters. The van der Waals surface area contributed by atoms with E-state index in [4.69, 9.17) is 0 Å². The molecule has 0 radical (unpaired) electrons. The Morgan fingerprint density at radius 1 is 1.50 bits per heavy atom. The molecule has 0 aromatic heterocycles. The van der Waals surface area contributed by atoms with E-state index in [2.05, 4.69) is 10.1 Å². The molecule has 2 unspecified atom stereocenters. The minimum Gasteiger partial charge on any atom is -0.468 e. The fourth-order valence-electron chi connectivity index (χ4n) is 1.13. The number of aliphatic hydroxyl groups excluding tert-OH is 1. The predicted octanol–water partition coefficient (Wildman–Crippen LogP) is 0.544. The molecule has 0 aromatic carbocycles. The first-order valence-electron chi connectivity index (χ1n) is 5.02. The van der Waals surface area contributed by atoms with Crippen molar-refractivity contribution < 1.29 is 14.6 Å². The number of nitrogens with one attached hydrogen (secondary N) is 1. The van der Waals surface area contributed by atoms with Crippen LogP contribution in [0.2, 0.25) is 0 Å². The van der Waals surface area contributed by atoms with E-state index < -0.39 is 6.10 Å². The highest BCUT2D eigenvalue weighted by atomic mass is 16.5. The van der Waals surface area contributed by atoms with Gasteiger partial charge < -0.3 is 15.2 Å². The molecule has 0 aliphatic rings. The minimum atomic E-state index is -0.402. The Kier molecular flexibility index (Phi) is 6.49. The van der Waals surface area contributed by atoms with Gasteiger partial charge in [-0.2, -0.15) is 0 Å². The molecule has 0 aromatic rings. The molecule has 2 N–H and O–H groups in total. The standard InChI is InChI=1S/C10H21NO3/c1-5-8(12)6-11-9(7(2)3)10(13)14-4/h7-9,11-12H,5-6H2,1-4H3. The molecule has 0 bridgehead atoms. The Balaban J connectivity index is 4.04. The van der Waals surface area contributed by atoms with Crippen LogP contribution in [-0.2, 0) is 9.53 Å². The van der Waals surface area contributed by atoms with Gasteiger partial charge in [0.15, 0.2) is 0 Å². The number of rotatable bonds is 6. The third kappa shape index (κ3) is 4.58. The summed E-state index contributed by atoms with van der Waals surface area (Å²) in [7, 11) is 1.37. The van der Waals surface area contributed by atoms with Crippen molar-refractivity contribution >= 4 is 5.97 Å².